The monoisotopic (exact) mass is 663 g/mol. The summed E-state index contributed by atoms with van der Waals surface area (Å²) in [5.41, 5.74) is 1.07. The van der Waals surface area contributed by atoms with Crippen LogP contribution in [0, 0.1) is 0 Å². The fourth-order valence-corrected chi connectivity index (χ4v) is 6.03. The number of sulfonamides is 1. The van der Waals surface area contributed by atoms with E-state index in [1.54, 1.807) is 49.4 Å². The van der Waals surface area contributed by atoms with Crippen LogP contribution < -0.4 is 14.4 Å². The van der Waals surface area contributed by atoms with Gasteiger partial charge in [0.1, 0.15) is 24.1 Å². The van der Waals surface area contributed by atoms with Gasteiger partial charge in [0.05, 0.1) is 10.6 Å². The molecule has 1 N–H and O–H groups in total. The van der Waals surface area contributed by atoms with E-state index in [-0.39, 0.29) is 29.1 Å². The Morgan fingerprint density at radius 1 is 0.791 bits per heavy atom. The number of nitrogens with zero attached hydrogens (tertiary/aromatic N) is 2. The van der Waals surface area contributed by atoms with Crippen LogP contribution in [-0.2, 0) is 26.2 Å². The largest absolute Gasteiger partial charge is 0.457 e. The van der Waals surface area contributed by atoms with E-state index in [1.165, 1.54) is 17.0 Å². The van der Waals surface area contributed by atoms with Gasteiger partial charge >= 0.3 is 0 Å². The van der Waals surface area contributed by atoms with Crippen molar-refractivity contribution in [3.8, 4) is 11.5 Å². The van der Waals surface area contributed by atoms with Crippen molar-refractivity contribution in [3.63, 3.8) is 0 Å². The van der Waals surface area contributed by atoms with E-state index < -0.39 is 28.5 Å². The molecule has 8 nitrogen and oxygen atoms in total. The molecule has 4 rings (SSSR count). The third-order valence-corrected chi connectivity index (χ3v) is 8.89. The van der Waals surface area contributed by atoms with Gasteiger partial charge in [0.25, 0.3) is 10.0 Å². The molecule has 0 fully saturated rings. The first-order valence-corrected chi connectivity index (χ1v) is 16.0. The zero-order valence-electron chi connectivity index (χ0n) is 24.2. The van der Waals surface area contributed by atoms with E-state index >= 15 is 0 Å². The number of carbonyl (C=O) groups is 2. The van der Waals surface area contributed by atoms with Crippen LogP contribution in [0.25, 0.3) is 0 Å². The van der Waals surface area contributed by atoms with Gasteiger partial charge in [-0.25, -0.2) is 8.42 Å². The first-order chi connectivity index (χ1) is 20.5. The quantitative estimate of drug-likeness (QED) is 0.190. The highest BCUT2D eigenvalue weighted by molar-refractivity contribution is 9.10. The number of rotatable bonds is 12. The number of ether oxygens (including phenoxy) is 1. The Morgan fingerprint density at radius 3 is 1.93 bits per heavy atom. The maximum atomic E-state index is 14.0. The van der Waals surface area contributed by atoms with Crippen LogP contribution in [0.1, 0.15) is 26.3 Å². The van der Waals surface area contributed by atoms with Gasteiger partial charge in [-0.1, -0.05) is 64.5 Å². The van der Waals surface area contributed by atoms with E-state index in [0.29, 0.717) is 11.5 Å². The minimum Gasteiger partial charge on any atom is -0.457 e. The number of anilines is 1. The van der Waals surface area contributed by atoms with Crippen LogP contribution in [0.4, 0.5) is 5.69 Å². The van der Waals surface area contributed by atoms with Gasteiger partial charge in [-0.15, -0.1) is 0 Å². The van der Waals surface area contributed by atoms with Crippen LogP contribution in [0.15, 0.2) is 119 Å². The highest BCUT2D eigenvalue weighted by atomic mass is 79.9. The van der Waals surface area contributed by atoms with Gasteiger partial charge in [-0.05, 0) is 87.0 Å². The van der Waals surface area contributed by atoms with Crippen molar-refractivity contribution in [2.45, 2.75) is 44.3 Å². The molecule has 1 atom stereocenters. The number of halogens is 1. The van der Waals surface area contributed by atoms with Gasteiger partial charge < -0.3 is 15.0 Å². The summed E-state index contributed by atoms with van der Waals surface area (Å²) in [6.45, 7) is 4.91. The molecule has 43 heavy (non-hydrogen) atoms. The average Bonchev–Trinajstić information content (AvgIpc) is 3.00. The minimum atomic E-state index is -4.16. The summed E-state index contributed by atoms with van der Waals surface area (Å²) in [5, 5.41) is 2.85. The number of carbonyl (C=O) groups excluding carboxylic acids is 2. The molecular formula is C33H34BrN3O5S. The summed E-state index contributed by atoms with van der Waals surface area (Å²) in [7, 11) is -4.16. The predicted octanol–water partition coefficient (Wildman–Crippen LogP) is 6.38. The zero-order chi connectivity index (χ0) is 31.0. The number of para-hydroxylation sites is 1. The summed E-state index contributed by atoms with van der Waals surface area (Å²) >= 11 is 3.42. The van der Waals surface area contributed by atoms with Crippen molar-refractivity contribution in [3.05, 3.63) is 119 Å². The first kappa shape index (κ1) is 31.8. The van der Waals surface area contributed by atoms with Gasteiger partial charge in [0.2, 0.25) is 11.8 Å². The van der Waals surface area contributed by atoms with Gasteiger partial charge in [0, 0.05) is 17.1 Å². The molecule has 224 valence electrons. The van der Waals surface area contributed by atoms with Crippen molar-refractivity contribution in [1.29, 1.82) is 0 Å². The lowest BCUT2D eigenvalue weighted by molar-refractivity contribution is -0.139. The van der Waals surface area contributed by atoms with Crippen molar-refractivity contribution in [2.75, 3.05) is 10.8 Å². The molecule has 0 saturated carbocycles. The smallest absolute Gasteiger partial charge is 0.264 e. The van der Waals surface area contributed by atoms with E-state index in [4.69, 9.17) is 4.74 Å². The minimum absolute atomic E-state index is 0.0393. The molecule has 0 radical (unpaired) electrons. The van der Waals surface area contributed by atoms with Gasteiger partial charge in [0.15, 0.2) is 0 Å². The molecule has 2 amide bonds. The number of hydrogen-bond donors (Lipinski definition) is 1. The SMILES string of the molecule is CC(C)NC(=O)[C@@H](C)N(Cc1ccc(Br)cc1)C(=O)CN(c1ccc(Oc2ccccc2)cc1)S(=O)(=O)c1ccccc1. The second kappa shape index (κ2) is 14.3. The summed E-state index contributed by atoms with van der Waals surface area (Å²) in [5.74, 6) is 0.282. The Morgan fingerprint density at radius 2 is 1.35 bits per heavy atom. The summed E-state index contributed by atoms with van der Waals surface area (Å²) in [4.78, 5) is 28.5. The van der Waals surface area contributed by atoms with E-state index in [2.05, 4.69) is 21.2 Å². The Kier molecular flexibility index (Phi) is 10.6. The topological polar surface area (TPSA) is 96.0 Å². The number of nitrogens with one attached hydrogen (secondary N) is 1. The molecule has 0 bridgehead atoms. The lowest BCUT2D eigenvalue weighted by atomic mass is 10.1. The molecule has 0 saturated heterocycles. The molecule has 0 unspecified atom stereocenters. The summed E-state index contributed by atoms with van der Waals surface area (Å²) in [6, 6.07) is 30.1. The van der Waals surface area contributed by atoms with Crippen molar-refractivity contribution in [1.82, 2.24) is 10.2 Å². The van der Waals surface area contributed by atoms with E-state index in [1.807, 2.05) is 68.4 Å². The third kappa shape index (κ3) is 8.46. The van der Waals surface area contributed by atoms with Crippen LogP contribution in [0.2, 0.25) is 0 Å². The Balaban J connectivity index is 1.69. The van der Waals surface area contributed by atoms with Crippen molar-refractivity contribution in [2.24, 2.45) is 0 Å². The lowest BCUT2D eigenvalue weighted by Gasteiger charge is -2.32. The Labute approximate surface area is 261 Å². The van der Waals surface area contributed by atoms with Gasteiger partial charge in [-0.2, -0.15) is 0 Å². The fraction of sp³-hybridized carbons (Fsp3) is 0.212. The lowest BCUT2D eigenvalue weighted by Crippen LogP contribution is -2.52. The van der Waals surface area contributed by atoms with Crippen LogP contribution in [0.3, 0.4) is 0 Å². The summed E-state index contributed by atoms with van der Waals surface area (Å²) in [6.07, 6.45) is 0. The molecule has 10 heteroatoms. The zero-order valence-corrected chi connectivity index (χ0v) is 26.6. The predicted molar refractivity (Wildman–Crippen MR) is 171 cm³/mol. The fourth-order valence-electron chi connectivity index (χ4n) is 4.33. The van der Waals surface area contributed by atoms with E-state index in [9.17, 15) is 18.0 Å². The highest BCUT2D eigenvalue weighted by Crippen LogP contribution is 2.28. The molecule has 0 spiro atoms. The number of hydrogen-bond acceptors (Lipinski definition) is 5. The van der Waals surface area contributed by atoms with Crippen LogP contribution >= 0.6 is 15.9 Å². The molecule has 0 aliphatic rings. The Hall–Kier alpha value is -4.15. The third-order valence-electron chi connectivity index (χ3n) is 6.58. The van der Waals surface area contributed by atoms with Crippen LogP contribution in [-0.4, -0.2) is 43.8 Å². The molecule has 0 aromatic heterocycles. The standard InChI is InChI=1S/C33H34BrN3O5S/c1-24(2)35-33(39)25(3)36(22-26-14-16-27(34)17-15-26)32(38)23-37(43(40,41)31-12-8-5-9-13-31)28-18-20-30(21-19-28)42-29-10-6-4-7-11-29/h4-21,24-25H,22-23H2,1-3H3,(H,35,39)/t25-/m1/s1. The average molecular weight is 665 g/mol. The Bertz CT molecular complexity index is 1620. The number of amides is 2. The number of benzene rings is 4. The molecule has 4 aromatic carbocycles. The first-order valence-electron chi connectivity index (χ1n) is 13.8. The summed E-state index contributed by atoms with van der Waals surface area (Å²) < 4.78 is 35.7. The van der Waals surface area contributed by atoms with Gasteiger partial charge in [-0.3, -0.25) is 13.9 Å². The van der Waals surface area contributed by atoms with Crippen molar-refractivity contribution >= 4 is 43.5 Å². The second-order valence-electron chi connectivity index (χ2n) is 10.2. The molecular weight excluding hydrogens is 630 g/mol. The second-order valence-corrected chi connectivity index (χ2v) is 13.0. The molecule has 4 aromatic rings. The molecule has 0 aliphatic heterocycles. The highest BCUT2D eigenvalue weighted by Gasteiger charge is 2.32. The maximum Gasteiger partial charge on any atom is 0.264 e. The normalized spacial score (nSPS) is 11.9. The van der Waals surface area contributed by atoms with E-state index in [0.717, 1.165) is 14.3 Å². The van der Waals surface area contributed by atoms with Crippen LogP contribution in [0.5, 0.6) is 11.5 Å². The molecule has 0 heterocycles. The molecule has 0 aliphatic carbocycles. The van der Waals surface area contributed by atoms with Crippen molar-refractivity contribution < 1.29 is 22.7 Å². The maximum absolute atomic E-state index is 14.0.